The maximum Gasteiger partial charge on any atom is 0.352 e. The summed E-state index contributed by atoms with van der Waals surface area (Å²) < 4.78 is 5.26. The molecule has 0 aromatic heterocycles. The number of β-lactam (4-membered cyclic amide) rings is 1. The molecule has 2 aliphatic rings. The van der Waals surface area contributed by atoms with Crippen molar-refractivity contribution in [2.45, 2.75) is 35.4 Å². The summed E-state index contributed by atoms with van der Waals surface area (Å²) in [6.45, 7) is 0. The first kappa shape index (κ1) is 30.8. The molecule has 3 atom stereocenters. The van der Waals surface area contributed by atoms with Crippen molar-refractivity contribution in [3.63, 3.8) is 0 Å². The number of methoxy groups -OCH3 is 1. The van der Waals surface area contributed by atoms with E-state index in [0.29, 0.717) is 23.3 Å². The van der Waals surface area contributed by atoms with Crippen LogP contribution in [-0.4, -0.2) is 56.5 Å². The normalized spacial score (nSPS) is 19.4. The van der Waals surface area contributed by atoms with Gasteiger partial charge < -0.3 is 15.2 Å². The van der Waals surface area contributed by atoms with E-state index in [2.05, 4.69) is 5.32 Å². The van der Waals surface area contributed by atoms with Crippen LogP contribution in [0.4, 0.5) is 5.69 Å². The van der Waals surface area contributed by atoms with E-state index in [-0.39, 0.29) is 35.2 Å². The molecule has 5 rings (SSSR count). The fraction of sp³-hybridized carbons (Fsp3) is 0.219. The predicted octanol–water partition coefficient (Wildman–Crippen LogP) is 4.95. The molecule has 44 heavy (non-hydrogen) atoms. The smallest absolute Gasteiger partial charge is 0.352 e. The number of carbonyl (C=O) groups excluding carboxylic acids is 2. The number of carboxylic acids is 1. The highest BCUT2D eigenvalue weighted by Gasteiger charge is 2.55. The number of rotatable bonds is 11. The second kappa shape index (κ2) is 13.4. The van der Waals surface area contributed by atoms with Gasteiger partial charge in [0.05, 0.1) is 24.0 Å². The number of fused-ring (bicyclic) bond motifs is 1. The molecule has 1 fully saturated rings. The molecule has 0 aliphatic carbocycles. The van der Waals surface area contributed by atoms with Crippen molar-refractivity contribution in [1.82, 2.24) is 10.2 Å². The lowest BCUT2D eigenvalue weighted by atomic mass is 9.96. The number of nitro benzene ring substituents is 1. The highest BCUT2D eigenvalue weighted by Crippen LogP contribution is 2.46. The molecule has 2 aliphatic heterocycles. The zero-order valence-corrected chi connectivity index (χ0v) is 25.1. The third kappa shape index (κ3) is 6.48. The Bertz CT molecular complexity index is 1660. The van der Waals surface area contributed by atoms with Crippen LogP contribution in [0.1, 0.15) is 22.3 Å². The Labute approximate surface area is 262 Å². The number of carbonyl (C=O) groups is 3. The van der Waals surface area contributed by atoms with Crippen molar-refractivity contribution < 1.29 is 29.2 Å². The van der Waals surface area contributed by atoms with Gasteiger partial charge in [-0.2, -0.15) is 0 Å². The molecule has 10 nitrogen and oxygen atoms in total. The molecule has 12 heteroatoms. The van der Waals surface area contributed by atoms with Gasteiger partial charge in [0.15, 0.2) is 0 Å². The Balaban J connectivity index is 1.50. The minimum Gasteiger partial charge on any atom is -0.497 e. The fourth-order valence-corrected chi connectivity index (χ4v) is 7.01. The number of ether oxygens (including phenoxy) is 1. The summed E-state index contributed by atoms with van der Waals surface area (Å²) in [5, 5.41) is 23.8. The first-order chi connectivity index (χ1) is 21.2. The van der Waals surface area contributed by atoms with Crippen molar-refractivity contribution >= 4 is 52.9 Å². The number of allylic oxidation sites excluding steroid dienone is 1. The Morgan fingerprint density at radius 1 is 1.07 bits per heavy atom. The van der Waals surface area contributed by atoms with Gasteiger partial charge in [0.1, 0.15) is 22.9 Å². The molecule has 2 heterocycles. The summed E-state index contributed by atoms with van der Waals surface area (Å²) >= 11 is 7.23. The van der Waals surface area contributed by atoms with Gasteiger partial charge in [0, 0.05) is 17.2 Å². The molecule has 0 saturated carbocycles. The lowest BCUT2D eigenvalue weighted by Gasteiger charge is -2.51. The van der Waals surface area contributed by atoms with Crippen molar-refractivity contribution in [2.24, 2.45) is 0 Å². The van der Waals surface area contributed by atoms with E-state index in [9.17, 15) is 29.6 Å². The summed E-state index contributed by atoms with van der Waals surface area (Å²) in [4.78, 5) is 51.3. The number of benzene rings is 3. The van der Waals surface area contributed by atoms with E-state index in [1.807, 2.05) is 42.5 Å². The van der Waals surface area contributed by atoms with Gasteiger partial charge in [-0.05, 0) is 53.0 Å². The third-order valence-corrected chi connectivity index (χ3v) is 9.22. The molecule has 3 aromatic rings. The van der Waals surface area contributed by atoms with Crippen LogP contribution in [0.5, 0.6) is 5.75 Å². The summed E-state index contributed by atoms with van der Waals surface area (Å²) in [5.41, 5.74) is 2.44. The van der Waals surface area contributed by atoms with Crippen molar-refractivity contribution in [3.8, 4) is 5.75 Å². The van der Waals surface area contributed by atoms with Gasteiger partial charge in [0.25, 0.3) is 11.6 Å². The van der Waals surface area contributed by atoms with E-state index >= 15 is 0 Å². The topological polar surface area (TPSA) is 139 Å². The number of nitrogens with one attached hydrogen (secondary N) is 1. The lowest BCUT2D eigenvalue weighted by molar-refractivity contribution is -0.385. The van der Waals surface area contributed by atoms with Crippen LogP contribution >= 0.6 is 23.4 Å². The number of alkyl halides is 1. The number of nitrogens with zero attached hydrogens (tertiary/aromatic N) is 2. The molecule has 3 aromatic carbocycles. The van der Waals surface area contributed by atoms with E-state index in [0.717, 1.165) is 11.1 Å². The number of thioether (sulfide) groups is 1. The standard InChI is InChI=1S/C32H28ClN3O7S/c1-43-23-12-8-20(9-13-23)16-26-24(14-11-22-10-7-21(18-33)15-25(22)36(41)42)29(32(39)40)35-30(38)28(31(35)44-26)34-27(37)17-19-5-3-2-4-6-19/h2-15,26,28,31H,16-18H2,1H3,(H,34,37)(H,39,40)/t26?,28?,31-/m1/s1. The van der Waals surface area contributed by atoms with Crippen LogP contribution in [0.25, 0.3) is 6.08 Å². The highest BCUT2D eigenvalue weighted by molar-refractivity contribution is 8.00. The summed E-state index contributed by atoms with van der Waals surface area (Å²) in [6, 6.07) is 20.1. The Kier molecular flexibility index (Phi) is 9.36. The Morgan fingerprint density at radius 2 is 1.77 bits per heavy atom. The molecule has 2 N–H and O–H groups in total. The quantitative estimate of drug-likeness (QED) is 0.131. The number of nitro groups is 1. The number of carboxylic acid groups (broad SMARTS) is 1. The number of hydrogen-bond acceptors (Lipinski definition) is 7. The second-order valence-corrected chi connectivity index (χ2v) is 11.8. The molecule has 226 valence electrons. The van der Waals surface area contributed by atoms with E-state index in [1.165, 1.54) is 34.9 Å². The Morgan fingerprint density at radius 3 is 2.41 bits per heavy atom. The van der Waals surface area contributed by atoms with Crippen molar-refractivity contribution in [2.75, 3.05) is 7.11 Å². The molecule has 0 radical (unpaired) electrons. The van der Waals surface area contributed by atoms with Gasteiger partial charge in [-0.15, -0.1) is 23.4 Å². The average Bonchev–Trinajstić information content (AvgIpc) is 3.03. The SMILES string of the molecule is COc1ccc(CC2S[C@@H]3C(NC(=O)Cc4ccccc4)C(=O)N3C(C(=O)O)=C2C=Cc2ccc(CCl)cc2[N+](=O)[O-])cc1. The van der Waals surface area contributed by atoms with Gasteiger partial charge in [0.2, 0.25) is 5.91 Å². The predicted molar refractivity (Wildman–Crippen MR) is 167 cm³/mol. The van der Waals surface area contributed by atoms with Gasteiger partial charge >= 0.3 is 5.97 Å². The van der Waals surface area contributed by atoms with Crippen molar-refractivity contribution in [1.29, 1.82) is 0 Å². The molecule has 0 bridgehead atoms. The number of amides is 2. The van der Waals surface area contributed by atoms with E-state index in [4.69, 9.17) is 16.3 Å². The summed E-state index contributed by atoms with van der Waals surface area (Å²) in [7, 11) is 1.56. The molecule has 0 spiro atoms. The maximum absolute atomic E-state index is 13.3. The zero-order valence-electron chi connectivity index (χ0n) is 23.5. The molecular weight excluding hydrogens is 606 g/mol. The molecule has 2 unspecified atom stereocenters. The first-order valence-corrected chi connectivity index (χ1v) is 15.1. The van der Waals surface area contributed by atoms with Gasteiger partial charge in [-0.1, -0.05) is 54.6 Å². The molecule has 2 amide bonds. The van der Waals surface area contributed by atoms with Gasteiger partial charge in [-0.3, -0.25) is 24.6 Å². The first-order valence-electron chi connectivity index (χ1n) is 13.6. The van der Waals surface area contributed by atoms with Crippen LogP contribution in [0.15, 0.2) is 90.1 Å². The van der Waals surface area contributed by atoms with Crippen molar-refractivity contribution in [3.05, 3.63) is 123 Å². The monoisotopic (exact) mass is 633 g/mol. The summed E-state index contributed by atoms with van der Waals surface area (Å²) in [6.07, 6.45) is 3.48. The van der Waals surface area contributed by atoms with Crippen LogP contribution in [-0.2, 0) is 33.1 Å². The molecule has 1 saturated heterocycles. The summed E-state index contributed by atoms with van der Waals surface area (Å²) in [5.74, 6) is -1.43. The number of halogens is 1. The maximum atomic E-state index is 13.3. The molecular formula is C32H28ClN3O7S. The number of aliphatic carboxylic acids is 1. The van der Waals surface area contributed by atoms with Crippen LogP contribution in [0.3, 0.4) is 0 Å². The zero-order chi connectivity index (χ0) is 31.4. The number of hydrogen-bond donors (Lipinski definition) is 2. The fourth-order valence-electron chi connectivity index (χ4n) is 5.21. The highest BCUT2D eigenvalue weighted by atomic mass is 35.5. The van der Waals surface area contributed by atoms with Crippen LogP contribution in [0.2, 0.25) is 0 Å². The van der Waals surface area contributed by atoms with E-state index < -0.39 is 33.5 Å². The second-order valence-electron chi connectivity index (χ2n) is 10.2. The average molecular weight is 634 g/mol. The Hall–Kier alpha value is -4.61. The van der Waals surface area contributed by atoms with Gasteiger partial charge in [-0.25, -0.2) is 4.79 Å². The van der Waals surface area contributed by atoms with Crippen LogP contribution < -0.4 is 10.1 Å². The third-order valence-electron chi connectivity index (χ3n) is 7.40. The lowest BCUT2D eigenvalue weighted by Crippen LogP contribution is -2.71. The minimum atomic E-state index is -1.32. The largest absolute Gasteiger partial charge is 0.497 e. The van der Waals surface area contributed by atoms with E-state index in [1.54, 1.807) is 31.4 Å². The van der Waals surface area contributed by atoms with Crippen LogP contribution in [0, 0.1) is 10.1 Å². The minimum absolute atomic E-state index is 0.0776.